The minimum Gasteiger partial charge on any atom is -0.465 e. The summed E-state index contributed by atoms with van der Waals surface area (Å²) in [4.78, 5) is 15.3. The van der Waals surface area contributed by atoms with Crippen molar-refractivity contribution in [2.24, 2.45) is 0 Å². The molecule has 0 saturated heterocycles. The molecule has 8 heteroatoms. The molecular formula is C8H6BrN3O3S. The van der Waals surface area contributed by atoms with Crippen LogP contribution in [0.1, 0.15) is 5.69 Å². The predicted molar refractivity (Wildman–Crippen MR) is 61.7 cm³/mol. The highest BCUT2D eigenvalue weighted by Crippen LogP contribution is 2.35. The molecular weight excluding hydrogens is 298 g/mol. The van der Waals surface area contributed by atoms with Crippen LogP contribution in [-0.2, 0) is 0 Å². The average Bonchev–Trinajstić information content (AvgIpc) is 2.75. The molecule has 0 radical (unpaired) electrons. The third-order valence-corrected chi connectivity index (χ3v) is 3.27. The molecule has 0 unspecified atom stereocenters. The summed E-state index contributed by atoms with van der Waals surface area (Å²) in [5.41, 5.74) is 0.838. The number of nitrogens with zero attached hydrogens (tertiary/aromatic N) is 2. The van der Waals surface area contributed by atoms with Crippen molar-refractivity contribution >= 4 is 39.0 Å². The van der Waals surface area contributed by atoms with Gasteiger partial charge in [0.1, 0.15) is 11.4 Å². The number of rotatable bonds is 2. The van der Waals surface area contributed by atoms with E-state index in [-0.39, 0.29) is 0 Å². The van der Waals surface area contributed by atoms with Gasteiger partial charge in [-0.25, -0.2) is 9.78 Å². The first-order valence-corrected chi connectivity index (χ1v) is 5.77. The van der Waals surface area contributed by atoms with Gasteiger partial charge in [0.15, 0.2) is 3.92 Å². The third kappa shape index (κ3) is 2.07. The summed E-state index contributed by atoms with van der Waals surface area (Å²) in [7, 11) is 0. The fourth-order valence-corrected chi connectivity index (χ4v) is 2.40. The van der Waals surface area contributed by atoms with Gasteiger partial charge >= 0.3 is 6.09 Å². The van der Waals surface area contributed by atoms with Gasteiger partial charge in [-0.3, -0.25) is 5.32 Å². The molecule has 0 spiro atoms. The molecule has 0 aliphatic carbocycles. The lowest BCUT2D eigenvalue weighted by molar-refractivity contribution is 0.209. The molecule has 0 fully saturated rings. The number of halogens is 1. The van der Waals surface area contributed by atoms with Gasteiger partial charge in [0.25, 0.3) is 0 Å². The van der Waals surface area contributed by atoms with E-state index < -0.39 is 6.09 Å². The molecule has 2 aromatic rings. The van der Waals surface area contributed by atoms with Crippen molar-refractivity contribution in [2.75, 3.05) is 5.32 Å². The number of thiazole rings is 1. The Hall–Kier alpha value is -1.41. The Bertz CT molecular complexity index is 536. The Morgan fingerprint density at radius 3 is 3.00 bits per heavy atom. The zero-order chi connectivity index (χ0) is 11.7. The number of amides is 1. The molecule has 2 rings (SSSR count). The number of aryl methyl sites for hydroxylation is 1. The molecule has 0 saturated carbocycles. The summed E-state index contributed by atoms with van der Waals surface area (Å²) < 4.78 is 5.76. The standard InChI is InChI=1S/C8H6BrN3O3S/c1-3-5(11-8(13)14)6(15-12-3)4-2-10-7(9)16-4/h2,11H,1H3,(H,13,14). The Morgan fingerprint density at radius 1 is 1.69 bits per heavy atom. The van der Waals surface area contributed by atoms with Gasteiger partial charge in [-0.1, -0.05) is 5.16 Å². The fraction of sp³-hybridized carbons (Fsp3) is 0.125. The van der Waals surface area contributed by atoms with Crippen LogP contribution in [0, 0.1) is 6.92 Å². The summed E-state index contributed by atoms with van der Waals surface area (Å²) in [5, 5.41) is 14.7. The SMILES string of the molecule is Cc1noc(-c2cnc(Br)s2)c1NC(=O)O. The van der Waals surface area contributed by atoms with Crippen LogP contribution in [-0.4, -0.2) is 21.3 Å². The molecule has 0 atom stereocenters. The number of hydrogen-bond donors (Lipinski definition) is 2. The van der Waals surface area contributed by atoms with Gasteiger partial charge in [-0.05, 0) is 22.9 Å². The van der Waals surface area contributed by atoms with E-state index in [2.05, 4.69) is 31.4 Å². The van der Waals surface area contributed by atoms with Crippen LogP contribution in [0.3, 0.4) is 0 Å². The molecule has 2 N–H and O–H groups in total. The monoisotopic (exact) mass is 303 g/mol. The third-order valence-electron chi connectivity index (χ3n) is 1.80. The molecule has 2 aromatic heterocycles. The summed E-state index contributed by atoms with van der Waals surface area (Å²) in [5.74, 6) is 0.378. The van der Waals surface area contributed by atoms with Crippen LogP contribution in [0.15, 0.2) is 14.6 Å². The fourth-order valence-electron chi connectivity index (χ4n) is 1.15. The number of aromatic nitrogens is 2. The van der Waals surface area contributed by atoms with Crippen molar-refractivity contribution in [3.63, 3.8) is 0 Å². The molecule has 2 heterocycles. The van der Waals surface area contributed by atoms with Gasteiger partial charge in [0.2, 0.25) is 5.76 Å². The van der Waals surface area contributed by atoms with E-state index in [0.717, 1.165) is 0 Å². The lowest BCUT2D eigenvalue weighted by atomic mass is 10.3. The first-order chi connectivity index (χ1) is 7.58. The number of carboxylic acid groups (broad SMARTS) is 1. The molecule has 16 heavy (non-hydrogen) atoms. The molecule has 0 aliphatic heterocycles. The first-order valence-electron chi connectivity index (χ1n) is 4.16. The topological polar surface area (TPSA) is 88.3 Å². The van der Waals surface area contributed by atoms with Crippen LogP contribution in [0.2, 0.25) is 0 Å². The van der Waals surface area contributed by atoms with Crippen molar-refractivity contribution in [1.82, 2.24) is 10.1 Å². The van der Waals surface area contributed by atoms with Crippen LogP contribution < -0.4 is 5.32 Å². The largest absolute Gasteiger partial charge is 0.465 e. The Labute approximate surface area is 102 Å². The van der Waals surface area contributed by atoms with Crippen LogP contribution >= 0.6 is 27.3 Å². The first kappa shape index (κ1) is 11.1. The van der Waals surface area contributed by atoms with Crippen LogP contribution in [0.25, 0.3) is 10.6 Å². The normalized spacial score (nSPS) is 10.4. The number of nitrogens with one attached hydrogen (secondary N) is 1. The van der Waals surface area contributed by atoms with E-state index in [1.807, 2.05) is 0 Å². The van der Waals surface area contributed by atoms with Crippen molar-refractivity contribution in [3.8, 4) is 10.6 Å². The number of hydrogen-bond acceptors (Lipinski definition) is 5. The van der Waals surface area contributed by atoms with Crippen molar-refractivity contribution in [1.29, 1.82) is 0 Å². The van der Waals surface area contributed by atoms with Gasteiger partial charge in [0.05, 0.1) is 11.1 Å². The number of carbonyl (C=O) groups is 1. The quantitative estimate of drug-likeness (QED) is 0.890. The molecule has 0 aliphatic rings. The van der Waals surface area contributed by atoms with Crippen LogP contribution in [0.4, 0.5) is 10.5 Å². The summed E-state index contributed by atoms with van der Waals surface area (Å²) in [6, 6.07) is 0. The van der Waals surface area contributed by atoms with Gasteiger partial charge in [-0.2, -0.15) is 0 Å². The van der Waals surface area contributed by atoms with Crippen molar-refractivity contribution in [3.05, 3.63) is 15.8 Å². The molecule has 0 bridgehead atoms. The number of anilines is 1. The van der Waals surface area contributed by atoms with E-state index >= 15 is 0 Å². The van der Waals surface area contributed by atoms with Crippen LogP contribution in [0.5, 0.6) is 0 Å². The summed E-state index contributed by atoms with van der Waals surface area (Å²) in [6.45, 7) is 1.66. The highest BCUT2D eigenvalue weighted by Gasteiger charge is 2.18. The maximum atomic E-state index is 10.6. The lowest BCUT2D eigenvalue weighted by Crippen LogP contribution is -2.08. The molecule has 0 aromatic carbocycles. The lowest BCUT2D eigenvalue weighted by Gasteiger charge is -1.98. The molecule has 1 amide bonds. The Kier molecular flexibility index (Phi) is 2.92. The zero-order valence-corrected chi connectivity index (χ0v) is 10.4. The highest BCUT2D eigenvalue weighted by atomic mass is 79.9. The Balaban J connectivity index is 2.45. The predicted octanol–water partition coefficient (Wildman–Crippen LogP) is 2.96. The van der Waals surface area contributed by atoms with Gasteiger partial charge < -0.3 is 9.63 Å². The van der Waals surface area contributed by atoms with E-state index in [4.69, 9.17) is 9.63 Å². The average molecular weight is 304 g/mol. The maximum absolute atomic E-state index is 10.6. The van der Waals surface area contributed by atoms with Crippen molar-refractivity contribution < 1.29 is 14.4 Å². The Morgan fingerprint density at radius 2 is 2.44 bits per heavy atom. The van der Waals surface area contributed by atoms with E-state index in [1.165, 1.54) is 11.3 Å². The van der Waals surface area contributed by atoms with Crippen molar-refractivity contribution in [2.45, 2.75) is 6.92 Å². The highest BCUT2D eigenvalue weighted by molar-refractivity contribution is 9.11. The second kappa shape index (κ2) is 4.22. The minimum absolute atomic E-state index is 0.351. The molecule has 6 nitrogen and oxygen atoms in total. The maximum Gasteiger partial charge on any atom is 0.409 e. The smallest absolute Gasteiger partial charge is 0.409 e. The van der Waals surface area contributed by atoms with E-state index in [1.54, 1.807) is 13.1 Å². The van der Waals surface area contributed by atoms with E-state index in [0.29, 0.717) is 25.9 Å². The summed E-state index contributed by atoms with van der Waals surface area (Å²) in [6.07, 6.45) is 0.429. The van der Waals surface area contributed by atoms with E-state index in [9.17, 15) is 4.79 Å². The minimum atomic E-state index is -1.16. The van der Waals surface area contributed by atoms with Gasteiger partial charge in [0, 0.05) is 0 Å². The second-order valence-corrected chi connectivity index (χ2v) is 5.19. The zero-order valence-electron chi connectivity index (χ0n) is 8.02. The van der Waals surface area contributed by atoms with Gasteiger partial charge in [-0.15, -0.1) is 11.3 Å². The summed E-state index contributed by atoms with van der Waals surface area (Å²) >= 11 is 4.55. The second-order valence-electron chi connectivity index (χ2n) is 2.88. The molecule has 84 valence electrons.